The van der Waals surface area contributed by atoms with E-state index in [0.717, 1.165) is 47.0 Å². The van der Waals surface area contributed by atoms with E-state index in [4.69, 9.17) is 0 Å². The number of nitrogens with one attached hydrogen (secondary N) is 1. The number of rotatable bonds is 11. The second kappa shape index (κ2) is 14.4. The summed E-state index contributed by atoms with van der Waals surface area (Å²) in [7, 11) is 0. The predicted molar refractivity (Wildman–Crippen MR) is 156 cm³/mol. The van der Waals surface area contributed by atoms with Gasteiger partial charge in [0.1, 0.15) is 6.04 Å². The Balaban J connectivity index is 1.56. The molecule has 37 heavy (non-hydrogen) atoms. The maximum Gasteiger partial charge on any atom is 0.243 e. The van der Waals surface area contributed by atoms with Crippen LogP contribution < -0.4 is 5.32 Å². The molecule has 1 saturated carbocycles. The van der Waals surface area contributed by atoms with Crippen molar-refractivity contribution < 1.29 is 9.59 Å². The topological polar surface area (TPSA) is 49.4 Å². The van der Waals surface area contributed by atoms with Crippen molar-refractivity contribution in [1.82, 2.24) is 10.2 Å². The first-order valence-corrected chi connectivity index (χ1v) is 15.0. The molecule has 1 atom stereocenters. The van der Waals surface area contributed by atoms with Gasteiger partial charge in [-0.15, -0.1) is 11.8 Å². The molecule has 6 heteroatoms. The first kappa shape index (κ1) is 27.5. The number of carbonyl (C=O) groups is 2. The van der Waals surface area contributed by atoms with Crippen molar-refractivity contribution >= 4 is 39.5 Å². The molecule has 1 N–H and O–H groups in total. The van der Waals surface area contributed by atoms with Crippen LogP contribution in [0.3, 0.4) is 0 Å². The van der Waals surface area contributed by atoms with Crippen molar-refractivity contribution in [3.8, 4) is 0 Å². The maximum absolute atomic E-state index is 13.8. The average Bonchev–Trinajstić information content (AvgIpc) is 2.92. The summed E-state index contributed by atoms with van der Waals surface area (Å²) in [5.74, 6) is 1.02. The van der Waals surface area contributed by atoms with Gasteiger partial charge in [0.25, 0.3) is 0 Å². The molecule has 1 aliphatic rings. The van der Waals surface area contributed by atoms with E-state index in [0.29, 0.717) is 18.7 Å². The number of benzene rings is 3. The minimum Gasteiger partial charge on any atom is -0.352 e. The molecule has 3 aromatic carbocycles. The lowest BCUT2D eigenvalue weighted by Crippen LogP contribution is -2.53. The second-order valence-corrected chi connectivity index (χ2v) is 11.6. The number of hydrogen-bond acceptors (Lipinski definition) is 3. The fourth-order valence-corrected chi connectivity index (χ4v) is 6.16. The van der Waals surface area contributed by atoms with Crippen molar-refractivity contribution in [2.24, 2.45) is 0 Å². The molecule has 0 aromatic heterocycles. The van der Waals surface area contributed by atoms with Crippen molar-refractivity contribution in [2.45, 2.75) is 62.9 Å². The summed E-state index contributed by atoms with van der Waals surface area (Å²) in [5, 5.41) is 3.30. The highest BCUT2D eigenvalue weighted by molar-refractivity contribution is 9.10. The van der Waals surface area contributed by atoms with Crippen LogP contribution >= 0.6 is 27.7 Å². The standard InChI is InChI=1S/C31H35BrN2O2S/c32-27-16-10-15-26(19-27)21-34(30(35)23-37-22-25-13-6-2-7-14-25)29(20-24-11-4-1-5-12-24)31(36)33-28-17-8-3-9-18-28/h1-2,4-7,10-16,19,28-29H,3,8-9,17-18,20-23H2,(H,33,36)/t29-/m0/s1. The van der Waals surface area contributed by atoms with Crippen LogP contribution in [0.4, 0.5) is 0 Å². The third-order valence-corrected chi connectivity index (χ3v) is 8.28. The lowest BCUT2D eigenvalue weighted by atomic mass is 9.94. The predicted octanol–water partition coefficient (Wildman–Crippen LogP) is 6.77. The molecule has 3 aromatic rings. The number of halogens is 1. The first-order valence-electron chi connectivity index (χ1n) is 13.1. The van der Waals surface area contributed by atoms with Crippen LogP contribution in [0, 0.1) is 0 Å². The van der Waals surface area contributed by atoms with Crippen molar-refractivity contribution in [3.63, 3.8) is 0 Å². The second-order valence-electron chi connectivity index (χ2n) is 9.68. The molecule has 0 saturated heterocycles. The Morgan fingerprint density at radius 3 is 2.19 bits per heavy atom. The monoisotopic (exact) mass is 578 g/mol. The highest BCUT2D eigenvalue weighted by Crippen LogP contribution is 2.22. The van der Waals surface area contributed by atoms with Gasteiger partial charge in [0.2, 0.25) is 11.8 Å². The molecular formula is C31H35BrN2O2S. The van der Waals surface area contributed by atoms with Gasteiger partial charge < -0.3 is 10.2 Å². The van der Waals surface area contributed by atoms with Crippen molar-refractivity contribution in [1.29, 1.82) is 0 Å². The third-order valence-electron chi connectivity index (χ3n) is 6.80. The van der Waals surface area contributed by atoms with Gasteiger partial charge in [0, 0.05) is 29.2 Å². The van der Waals surface area contributed by atoms with Gasteiger partial charge in [-0.25, -0.2) is 0 Å². The molecule has 0 heterocycles. The highest BCUT2D eigenvalue weighted by atomic mass is 79.9. The van der Waals surface area contributed by atoms with Crippen LogP contribution in [0.2, 0.25) is 0 Å². The molecule has 1 aliphatic carbocycles. The average molecular weight is 580 g/mol. The van der Waals surface area contributed by atoms with E-state index >= 15 is 0 Å². The minimum absolute atomic E-state index is 0.0133. The number of hydrogen-bond donors (Lipinski definition) is 1. The van der Waals surface area contributed by atoms with Crippen LogP contribution in [0.25, 0.3) is 0 Å². The molecule has 0 aliphatic heterocycles. The SMILES string of the molecule is O=C(NC1CCCCC1)[C@H](Cc1ccccc1)N(Cc1cccc(Br)c1)C(=O)CSCc1ccccc1. The molecular weight excluding hydrogens is 544 g/mol. The van der Waals surface area contributed by atoms with Gasteiger partial charge in [0.15, 0.2) is 0 Å². The molecule has 0 spiro atoms. The van der Waals surface area contributed by atoms with Gasteiger partial charge >= 0.3 is 0 Å². The van der Waals surface area contributed by atoms with E-state index in [-0.39, 0.29) is 17.9 Å². The van der Waals surface area contributed by atoms with Gasteiger partial charge in [-0.05, 0) is 41.7 Å². The number of carbonyl (C=O) groups excluding carboxylic acids is 2. The van der Waals surface area contributed by atoms with Crippen molar-refractivity contribution in [2.75, 3.05) is 5.75 Å². The summed E-state index contributed by atoms with van der Waals surface area (Å²) in [6.07, 6.45) is 6.03. The summed E-state index contributed by atoms with van der Waals surface area (Å²) >= 11 is 5.15. The van der Waals surface area contributed by atoms with Crippen LogP contribution in [-0.2, 0) is 28.3 Å². The van der Waals surface area contributed by atoms with E-state index in [1.54, 1.807) is 16.7 Å². The molecule has 1 fully saturated rings. The Kier molecular flexibility index (Phi) is 10.7. The van der Waals surface area contributed by atoms with Gasteiger partial charge in [-0.3, -0.25) is 9.59 Å². The van der Waals surface area contributed by atoms with E-state index < -0.39 is 6.04 Å². The Bertz CT molecular complexity index is 1140. The molecule has 0 radical (unpaired) electrons. The Morgan fingerprint density at radius 1 is 0.865 bits per heavy atom. The molecule has 4 rings (SSSR count). The summed E-state index contributed by atoms with van der Waals surface area (Å²) in [5.41, 5.74) is 3.24. The highest BCUT2D eigenvalue weighted by Gasteiger charge is 2.31. The number of thioether (sulfide) groups is 1. The molecule has 0 bridgehead atoms. The lowest BCUT2D eigenvalue weighted by Gasteiger charge is -2.33. The third kappa shape index (κ3) is 8.75. The number of amides is 2. The van der Waals surface area contributed by atoms with Crippen LogP contribution in [0.1, 0.15) is 48.8 Å². The largest absolute Gasteiger partial charge is 0.352 e. The Labute approximate surface area is 233 Å². The van der Waals surface area contributed by atoms with Crippen molar-refractivity contribution in [3.05, 3.63) is 106 Å². The van der Waals surface area contributed by atoms with E-state index in [2.05, 4.69) is 33.4 Å². The Hall–Kier alpha value is -2.57. The summed E-state index contributed by atoms with van der Waals surface area (Å²) in [4.78, 5) is 29.4. The minimum atomic E-state index is -0.576. The molecule has 0 unspecified atom stereocenters. The molecule has 4 nitrogen and oxygen atoms in total. The van der Waals surface area contributed by atoms with E-state index in [1.807, 2.05) is 72.8 Å². The van der Waals surface area contributed by atoms with Gasteiger partial charge in [-0.2, -0.15) is 0 Å². The zero-order valence-electron chi connectivity index (χ0n) is 21.2. The normalized spacial score (nSPS) is 14.6. The number of nitrogens with zero attached hydrogens (tertiary/aromatic N) is 1. The van der Waals surface area contributed by atoms with Crippen LogP contribution in [0.15, 0.2) is 89.4 Å². The zero-order chi connectivity index (χ0) is 25.9. The van der Waals surface area contributed by atoms with Gasteiger partial charge in [0.05, 0.1) is 5.75 Å². The Morgan fingerprint density at radius 2 is 1.51 bits per heavy atom. The van der Waals surface area contributed by atoms with Gasteiger partial charge in [-0.1, -0.05) is 108 Å². The van der Waals surface area contributed by atoms with Crippen LogP contribution in [0.5, 0.6) is 0 Å². The fourth-order valence-electron chi connectivity index (χ4n) is 4.84. The molecule has 194 valence electrons. The summed E-state index contributed by atoms with van der Waals surface area (Å²) < 4.78 is 0.960. The quantitative estimate of drug-likeness (QED) is 0.273. The molecule has 2 amide bonds. The van der Waals surface area contributed by atoms with Crippen LogP contribution in [-0.4, -0.2) is 34.6 Å². The smallest absolute Gasteiger partial charge is 0.243 e. The van der Waals surface area contributed by atoms with E-state index in [9.17, 15) is 9.59 Å². The maximum atomic E-state index is 13.8. The fraction of sp³-hybridized carbons (Fsp3) is 0.355. The lowest BCUT2D eigenvalue weighted by molar-refractivity contribution is -0.139. The summed E-state index contributed by atoms with van der Waals surface area (Å²) in [6, 6.07) is 27.8. The summed E-state index contributed by atoms with van der Waals surface area (Å²) in [6.45, 7) is 0.389. The zero-order valence-corrected chi connectivity index (χ0v) is 23.6. The van der Waals surface area contributed by atoms with E-state index in [1.165, 1.54) is 12.0 Å². The first-order chi connectivity index (χ1) is 18.1.